The third kappa shape index (κ3) is 2.38. The summed E-state index contributed by atoms with van der Waals surface area (Å²) in [5, 5.41) is 9.52. The smallest absolute Gasteiger partial charge is 0.344 e. The van der Waals surface area contributed by atoms with Gasteiger partial charge in [0.25, 0.3) is 0 Å². The lowest BCUT2D eigenvalue weighted by Crippen LogP contribution is -2.20. The fourth-order valence-corrected chi connectivity index (χ4v) is 2.49. The van der Waals surface area contributed by atoms with Crippen LogP contribution in [-0.4, -0.2) is 22.5 Å². The zero-order valence-corrected chi connectivity index (χ0v) is 12.3. The number of nitrogens with zero attached hydrogens (tertiary/aromatic N) is 1. The van der Waals surface area contributed by atoms with Crippen molar-refractivity contribution in [3.05, 3.63) is 57.9 Å². The van der Waals surface area contributed by atoms with Crippen molar-refractivity contribution in [2.75, 3.05) is 6.61 Å². The van der Waals surface area contributed by atoms with Gasteiger partial charge in [-0.15, -0.1) is 0 Å². The van der Waals surface area contributed by atoms with E-state index in [0.717, 1.165) is 0 Å². The molecule has 2 heterocycles. The average Bonchev–Trinajstić information content (AvgIpc) is 3.08. The molecule has 3 rings (SSSR count). The fourth-order valence-electron chi connectivity index (χ4n) is 2.49. The molecule has 6 nitrogen and oxygen atoms in total. The van der Waals surface area contributed by atoms with Crippen LogP contribution in [0.15, 0.2) is 41.3 Å². The molecule has 0 aliphatic rings. The zero-order valence-electron chi connectivity index (χ0n) is 12.3. The average molecular weight is 307 g/mol. The van der Waals surface area contributed by atoms with Crippen molar-refractivity contribution in [1.82, 2.24) is 9.97 Å². The van der Waals surface area contributed by atoms with Gasteiger partial charge in [-0.2, -0.15) is 5.26 Å². The number of fused-ring (bicyclic) bond motifs is 1. The Morgan fingerprint density at radius 3 is 2.78 bits per heavy atom. The lowest BCUT2D eigenvalue weighted by atomic mass is 10.0. The van der Waals surface area contributed by atoms with E-state index in [1.807, 2.05) is 6.07 Å². The van der Waals surface area contributed by atoms with Crippen molar-refractivity contribution >= 4 is 16.9 Å². The maximum Gasteiger partial charge on any atom is 0.344 e. The number of aromatic amines is 2. The number of benzene rings is 1. The van der Waals surface area contributed by atoms with Crippen molar-refractivity contribution in [1.29, 1.82) is 5.26 Å². The van der Waals surface area contributed by atoms with Crippen LogP contribution < -0.4 is 5.43 Å². The van der Waals surface area contributed by atoms with Crippen molar-refractivity contribution in [2.24, 2.45) is 0 Å². The molecular formula is C17H13N3O3. The van der Waals surface area contributed by atoms with Gasteiger partial charge in [-0.25, -0.2) is 4.79 Å². The molecule has 3 aromatic rings. The Morgan fingerprint density at radius 1 is 1.30 bits per heavy atom. The van der Waals surface area contributed by atoms with E-state index in [4.69, 9.17) is 4.74 Å². The summed E-state index contributed by atoms with van der Waals surface area (Å²) in [6, 6.07) is 10.3. The Balaban J connectivity index is 2.43. The molecule has 0 spiro atoms. The van der Waals surface area contributed by atoms with E-state index < -0.39 is 11.4 Å². The number of H-pyrrole nitrogens is 2. The summed E-state index contributed by atoms with van der Waals surface area (Å²) in [6.07, 6.45) is 1.68. The highest BCUT2D eigenvalue weighted by Gasteiger charge is 2.22. The molecule has 114 valence electrons. The Morgan fingerprint density at radius 2 is 2.13 bits per heavy atom. The first kappa shape index (κ1) is 14.6. The zero-order chi connectivity index (χ0) is 16.4. The van der Waals surface area contributed by atoms with Gasteiger partial charge in [-0.05, 0) is 31.2 Å². The number of ether oxygens (including phenoxy) is 1. The fraction of sp³-hybridized carbons (Fsp3) is 0.118. The summed E-state index contributed by atoms with van der Waals surface area (Å²) < 4.78 is 5.02. The molecule has 0 unspecified atom stereocenters. The van der Waals surface area contributed by atoms with Crippen molar-refractivity contribution < 1.29 is 9.53 Å². The number of hydrogen-bond donors (Lipinski definition) is 2. The number of para-hydroxylation sites is 1. The number of rotatable bonds is 3. The number of aromatic nitrogens is 2. The molecule has 0 aliphatic carbocycles. The normalized spacial score (nSPS) is 10.4. The largest absolute Gasteiger partial charge is 0.462 e. The summed E-state index contributed by atoms with van der Waals surface area (Å²) >= 11 is 0. The molecule has 0 radical (unpaired) electrons. The van der Waals surface area contributed by atoms with Gasteiger partial charge in [0, 0.05) is 11.6 Å². The minimum atomic E-state index is -0.692. The first-order chi connectivity index (χ1) is 11.2. The highest BCUT2D eigenvalue weighted by atomic mass is 16.5. The second kappa shape index (κ2) is 5.81. The molecule has 23 heavy (non-hydrogen) atoms. The van der Waals surface area contributed by atoms with Gasteiger partial charge in [0.1, 0.15) is 11.6 Å². The summed E-state index contributed by atoms with van der Waals surface area (Å²) in [5.41, 5.74) is 1.09. The predicted octanol–water partition coefficient (Wildman–Crippen LogP) is 2.57. The molecule has 0 amide bonds. The molecule has 2 N–H and O–H groups in total. The van der Waals surface area contributed by atoms with Gasteiger partial charge in [0.2, 0.25) is 5.43 Å². The molecule has 1 aromatic carbocycles. The summed E-state index contributed by atoms with van der Waals surface area (Å²) in [5.74, 6) is -0.692. The Kier molecular flexibility index (Phi) is 3.69. The molecule has 0 saturated carbocycles. The standard InChI is InChI=1S/C17H13N3O3/c1-2-23-17(22)13-15(12-7-4-8-19-12)20-14-10(9-18)5-3-6-11(14)16(13)21/h3-8,19H,2H2,1H3,(H,20,21). The second-order valence-electron chi connectivity index (χ2n) is 4.85. The number of carbonyl (C=O) groups excluding carboxylic acids is 1. The molecule has 0 saturated heterocycles. The number of nitrogens with one attached hydrogen (secondary N) is 2. The first-order valence-corrected chi connectivity index (χ1v) is 7.07. The lowest BCUT2D eigenvalue weighted by molar-refractivity contribution is 0.0525. The first-order valence-electron chi connectivity index (χ1n) is 7.07. The quantitative estimate of drug-likeness (QED) is 0.726. The Labute approximate surface area is 131 Å². The van der Waals surface area contributed by atoms with Crippen LogP contribution in [0.25, 0.3) is 22.3 Å². The number of hydrogen-bond acceptors (Lipinski definition) is 4. The van der Waals surface area contributed by atoms with Gasteiger partial charge >= 0.3 is 5.97 Å². The van der Waals surface area contributed by atoms with Gasteiger partial charge < -0.3 is 14.7 Å². The van der Waals surface area contributed by atoms with E-state index in [0.29, 0.717) is 22.5 Å². The maximum atomic E-state index is 12.8. The van der Waals surface area contributed by atoms with E-state index in [-0.39, 0.29) is 17.6 Å². The third-order valence-corrected chi connectivity index (χ3v) is 3.50. The van der Waals surface area contributed by atoms with E-state index in [1.54, 1.807) is 43.5 Å². The number of nitriles is 1. The summed E-state index contributed by atoms with van der Waals surface area (Å²) in [4.78, 5) is 31.0. The number of pyridine rings is 1. The predicted molar refractivity (Wildman–Crippen MR) is 85.0 cm³/mol. The van der Waals surface area contributed by atoms with Crippen LogP contribution in [-0.2, 0) is 4.74 Å². The van der Waals surface area contributed by atoms with Crippen LogP contribution in [0.3, 0.4) is 0 Å². The number of carbonyl (C=O) groups is 1. The summed E-state index contributed by atoms with van der Waals surface area (Å²) in [7, 11) is 0. The van der Waals surface area contributed by atoms with Crippen molar-refractivity contribution in [3.63, 3.8) is 0 Å². The summed E-state index contributed by atoms with van der Waals surface area (Å²) in [6.45, 7) is 1.84. The molecular weight excluding hydrogens is 294 g/mol. The SMILES string of the molecule is CCOC(=O)c1c(-c2ccc[nH]2)[nH]c2c(C#N)cccc2c1=O. The van der Waals surface area contributed by atoms with Crippen LogP contribution in [0.1, 0.15) is 22.8 Å². The van der Waals surface area contributed by atoms with Crippen LogP contribution in [0.5, 0.6) is 0 Å². The van der Waals surface area contributed by atoms with Gasteiger partial charge in [0.05, 0.1) is 29.1 Å². The second-order valence-corrected chi connectivity index (χ2v) is 4.85. The molecule has 2 aromatic heterocycles. The molecule has 0 aliphatic heterocycles. The maximum absolute atomic E-state index is 12.8. The van der Waals surface area contributed by atoms with Crippen LogP contribution in [0.4, 0.5) is 0 Å². The van der Waals surface area contributed by atoms with Crippen LogP contribution in [0.2, 0.25) is 0 Å². The van der Waals surface area contributed by atoms with E-state index >= 15 is 0 Å². The Bertz CT molecular complexity index is 979. The van der Waals surface area contributed by atoms with Crippen molar-refractivity contribution in [3.8, 4) is 17.5 Å². The van der Waals surface area contributed by atoms with E-state index in [1.165, 1.54) is 0 Å². The van der Waals surface area contributed by atoms with E-state index in [9.17, 15) is 14.9 Å². The van der Waals surface area contributed by atoms with Gasteiger partial charge in [-0.1, -0.05) is 6.07 Å². The lowest BCUT2D eigenvalue weighted by Gasteiger charge is -2.10. The highest BCUT2D eigenvalue weighted by molar-refractivity contribution is 6.00. The highest BCUT2D eigenvalue weighted by Crippen LogP contribution is 2.23. The monoisotopic (exact) mass is 307 g/mol. The molecule has 0 fully saturated rings. The number of esters is 1. The third-order valence-electron chi connectivity index (χ3n) is 3.50. The van der Waals surface area contributed by atoms with Crippen LogP contribution in [0, 0.1) is 11.3 Å². The van der Waals surface area contributed by atoms with Crippen LogP contribution >= 0.6 is 0 Å². The molecule has 6 heteroatoms. The molecule has 0 atom stereocenters. The van der Waals surface area contributed by atoms with Crippen molar-refractivity contribution in [2.45, 2.75) is 6.92 Å². The van der Waals surface area contributed by atoms with E-state index in [2.05, 4.69) is 9.97 Å². The minimum absolute atomic E-state index is 0.0723. The topological polar surface area (TPSA) is 98.7 Å². The minimum Gasteiger partial charge on any atom is -0.462 e. The molecule has 0 bridgehead atoms. The van der Waals surface area contributed by atoms with Gasteiger partial charge in [0.15, 0.2) is 0 Å². The Hall–Kier alpha value is -3.33. The van der Waals surface area contributed by atoms with Gasteiger partial charge in [-0.3, -0.25) is 4.79 Å².